The Morgan fingerprint density at radius 3 is 2.17 bits per heavy atom. The van der Waals surface area contributed by atoms with Crippen LogP contribution in [-0.4, -0.2) is 23.6 Å². The Hall–Kier alpha value is -3.28. The first-order chi connectivity index (χ1) is 11.0. The average molecular weight is 309 g/mol. The Labute approximate surface area is 131 Å². The van der Waals surface area contributed by atoms with Gasteiger partial charge < -0.3 is 4.74 Å². The maximum Gasteiger partial charge on any atom is 0.276 e. The Kier molecular flexibility index (Phi) is 3.50. The van der Waals surface area contributed by atoms with Crippen molar-refractivity contribution < 1.29 is 19.2 Å². The number of ketones is 2. The number of nitro groups is 1. The number of nitro benzene ring substituents is 1. The minimum atomic E-state index is -0.567. The molecule has 0 saturated heterocycles. The molecule has 0 amide bonds. The molecule has 0 spiro atoms. The SMILES string of the molecule is COc1ccc([N+](=O)[O-])c(C=C2C(=O)c3ccccc3C2=O)c1. The summed E-state index contributed by atoms with van der Waals surface area (Å²) >= 11 is 0. The summed E-state index contributed by atoms with van der Waals surface area (Å²) in [4.78, 5) is 35.3. The predicted octanol–water partition coefficient (Wildman–Crippen LogP) is 3.07. The molecule has 2 aromatic carbocycles. The van der Waals surface area contributed by atoms with E-state index in [1.54, 1.807) is 24.3 Å². The minimum Gasteiger partial charge on any atom is -0.497 e. The molecule has 0 aliphatic heterocycles. The van der Waals surface area contributed by atoms with Crippen molar-refractivity contribution >= 4 is 23.3 Å². The van der Waals surface area contributed by atoms with E-state index in [0.29, 0.717) is 16.9 Å². The molecule has 6 heteroatoms. The van der Waals surface area contributed by atoms with E-state index in [-0.39, 0.29) is 16.8 Å². The topological polar surface area (TPSA) is 86.5 Å². The lowest BCUT2D eigenvalue weighted by atomic mass is 10.1. The van der Waals surface area contributed by atoms with E-state index >= 15 is 0 Å². The number of benzene rings is 2. The van der Waals surface area contributed by atoms with Gasteiger partial charge in [0.05, 0.1) is 23.2 Å². The van der Waals surface area contributed by atoms with Crippen LogP contribution in [0.25, 0.3) is 6.08 Å². The maximum atomic E-state index is 12.4. The number of allylic oxidation sites excluding steroid dienone is 1. The van der Waals surface area contributed by atoms with Crippen molar-refractivity contribution in [2.75, 3.05) is 7.11 Å². The number of rotatable bonds is 3. The molecular weight excluding hydrogens is 298 g/mol. The van der Waals surface area contributed by atoms with Gasteiger partial charge in [-0.05, 0) is 18.2 Å². The average Bonchev–Trinajstić information content (AvgIpc) is 2.80. The summed E-state index contributed by atoms with van der Waals surface area (Å²) in [6.07, 6.45) is 1.26. The van der Waals surface area contributed by atoms with Crippen LogP contribution in [-0.2, 0) is 0 Å². The van der Waals surface area contributed by atoms with Crippen LogP contribution in [0.4, 0.5) is 5.69 Å². The molecule has 0 aromatic heterocycles. The van der Waals surface area contributed by atoms with Gasteiger partial charge in [-0.1, -0.05) is 24.3 Å². The van der Waals surface area contributed by atoms with Gasteiger partial charge in [-0.15, -0.1) is 0 Å². The van der Waals surface area contributed by atoms with Crippen molar-refractivity contribution in [3.05, 3.63) is 74.8 Å². The molecule has 6 nitrogen and oxygen atoms in total. The quantitative estimate of drug-likeness (QED) is 0.376. The Morgan fingerprint density at radius 2 is 1.65 bits per heavy atom. The molecule has 0 unspecified atom stereocenters. The fraction of sp³-hybridized carbons (Fsp3) is 0.0588. The molecule has 0 saturated carbocycles. The van der Waals surface area contributed by atoms with Crippen LogP contribution in [0.3, 0.4) is 0 Å². The molecule has 0 radical (unpaired) electrons. The van der Waals surface area contributed by atoms with Gasteiger partial charge in [-0.3, -0.25) is 19.7 Å². The summed E-state index contributed by atoms with van der Waals surface area (Å²) in [7, 11) is 1.43. The highest BCUT2D eigenvalue weighted by Gasteiger charge is 2.33. The highest BCUT2D eigenvalue weighted by molar-refractivity contribution is 6.41. The number of hydrogen-bond donors (Lipinski definition) is 0. The van der Waals surface area contributed by atoms with E-state index in [2.05, 4.69) is 0 Å². The number of Topliss-reactive ketones (excluding diaryl/α,β-unsaturated/α-hetero) is 2. The summed E-state index contributed by atoms with van der Waals surface area (Å²) in [5.74, 6) is -0.455. The standard InChI is InChI=1S/C17H11NO5/c1-23-11-6-7-15(18(21)22)10(8-11)9-14-16(19)12-4-2-3-5-13(12)17(14)20/h2-9H,1H3. The Bertz CT molecular complexity index is 845. The molecule has 1 aliphatic rings. The number of methoxy groups -OCH3 is 1. The number of carbonyl (C=O) groups is 2. The number of fused-ring (bicyclic) bond motifs is 1. The van der Waals surface area contributed by atoms with E-state index in [1.807, 2.05) is 0 Å². The second-order valence-electron chi connectivity index (χ2n) is 4.94. The number of hydrogen-bond acceptors (Lipinski definition) is 5. The maximum absolute atomic E-state index is 12.4. The van der Waals surface area contributed by atoms with Crippen LogP contribution in [0.1, 0.15) is 26.3 Å². The third kappa shape index (κ3) is 2.40. The number of ether oxygens (including phenoxy) is 1. The molecule has 3 rings (SSSR count). The van der Waals surface area contributed by atoms with E-state index in [9.17, 15) is 19.7 Å². The lowest BCUT2D eigenvalue weighted by molar-refractivity contribution is -0.385. The fourth-order valence-electron chi connectivity index (χ4n) is 2.50. The van der Waals surface area contributed by atoms with Crippen LogP contribution in [0.15, 0.2) is 48.0 Å². The third-order valence-electron chi connectivity index (χ3n) is 3.64. The zero-order valence-electron chi connectivity index (χ0n) is 12.1. The summed E-state index contributed by atoms with van der Waals surface area (Å²) in [5, 5.41) is 11.1. The number of carbonyl (C=O) groups excluding carboxylic acids is 2. The van der Waals surface area contributed by atoms with Crippen LogP contribution in [0.5, 0.6) is 5.75 Å². The first-order valence-corrected chi connectivity index (χ1v) is 6.75. The van der Waals surface area contributed by atoms with Gasteiger partial charge in [0.15, 0.2) is 11.6 Å². The van der Waals surface area contributed by atoms with Crippen LogP contribution >= 0.6 is 0 Å². The summed E-state index contributed by atoms with van der Waals surface area (Å²) in [6.45, 7) is 0. The lowest BCUT2D eigenvalue weighted by Crippen LogP contribution is -2.01. The van der Waals surface area contributed by atoms with Crippen molar-refractivity contribution in [3.8, 4) is 5.75 Å². The second-order valence-corrected chi connectivity index (χ2v) is 4.94. The lowest BCUT2D eigenvalue weighted by Gasteiger charge is -2.03. The molecule has 0 atom stereocenters. The summed E-state index contributed by atoms with van der Waals surface area (Å²) in [6, 6.07) is 10.6. The summed E-state index contributed by atoms with van der Waals surface area (Å²) in [5.41, 5.74) is 0.500. The fourth-order valence-corrected chi connectivity index (χ4v) is 2.50. The molecule has 0 N–H and O–H groups in total. The van der Waals surface area contributed by atoms with E-state index in [0.717, 1.165) is 0 Å². The van der Waals surface area contributed by atoms with Crippen molar-refractivity contribution in [1.82, 2.24) is 0 Å². The molecule has 114 valence electrons. The summed E-state index contributed by atoms with van der Waals surface area (Å²) < 4.78 is 5.05. The predicted molar refractivity (Wildman–Crippen MR) is 82.7 cm³/mol. The van der Waals surface area contributed by atoms with Crippen molar-refractivity contribution in [3.63, 3.8) is 0 Å². The molecule has 1 aliphatic carbocycles. The molecule has 0 bridgehead atoms. The first-order valence-electron chi connectivity index (χ1n) is 6.75. The van der Waals surface area contributed by atoms with Gasteiger partial charge in [0, 0.05) is 17.2 Å². The van der Waals surface area contributed by atoms with Crippen molar-refractivity contribution in [2.24, 2.45) is 0 Å². The highest BCUT2D eigenvalue weighted by atomic mass is 16.6. The van der Waals surface area contributed by atoms with Crippen LogP contribution in [0.2, 0.25) is 0 Å². The minimum absolute atomic E-state index is 0.0810. The zero-order valence-corrected chi connectivity index (χ0v) is 12.1. The Balaban J connectivity index is 2.15. The monoisotopic (exact) mass is 309 g/mol. The zero-order chi connectivity index (χ0) is 16.6. The first kappa shape index (κ1) is 14.6. The number of nitrogens with zero attached hydrogens (tertiary/aromatic N) is 1. The smallest absolute Gasteiger partial charge is 0.276 e. The van der Waals surface area contributed by atoms with Crippen molar-refractivity contribution in [2.45, 2.75) is 0 Å². The molecular formula is C17H11NO5. The molecule has 0 heterocycles. The second kappa shape index (κ2) is 5.49. The van der Waals surface area contributed by atoms with Gasteiger partial charge >= 0.3 is 0 Å². The van der Waals surface area contributed by atoms with E-state index in [1.165, 1.54) is 31.4 Å². The van der Waals surface area contributed by atoms with Gasteiger partial charge in [-0.25, -0.2) is 0 Å². The van der Waals surface area contributed by atoms with Gasteiger partial charge in [0.1, 0.15) is 5.75 Å². The van der Waals surface area contributed by atoms with Crippen LogP contribution < -0.4 is 4.74 Å². The van der Waals surface area contributed by atoms with Gasteiger partial charge in [0.2, 0.25) is 0 Å². The molecule has 2 aromatic rings. The molecule has 0 fully saturated rings. The van der Waals surface area contributed by atoms with E-state index in [4.69, 9.17) is 4.74 Å². The highest BCUT2D eigenvalue weighted by Crippen LogP contribution is 2.31. The normalized spacial score (nSPS) is 13.0. The van der Waals surface area contributed by atoms with Crippen LogP contribution in [0, 0.1) is 10.1 Å². The largest absolute Gasteiger partial charge is 0.497 e. The van der Waals surface area contributed by atoms with Crippen molar-refractivity contribution in [1.29, 1.82) is 0 Å². The van der Waals surface area contributed by atoms with E-state index < -0.39 is 16.5 Å². The Morgan fingerprint density at radius 1 is 1.04 bits per heavy atom. The van der Waals surface area contributed by atoms with Gasteiger partial charge in [0.25, 0.3) is 5.69 Å². The molecule has 23 heavy (non-hydrogen) atoms. The van der Waals surface area contributed by atoms with Gasteiger partial charge in [-0.2, -0.15) is 0 Å². The third-order valence-corrected chi connectivity index (χ3v) is 3.64.